The largest absolute Gasteiger partial charge is 0.493 e. The summed E-state index contributed by atoms with van der Waals surface area (Å²) in [6.07, 6.45) is 4.99. The van der Waals surface area contributed by atoms with E-state index in [1.165, 1.54) is 25.7 Å². The summed E-state index contributed by atoms with van der Waals surface area (Å²) in [6, 6.07) is 3.74. The molecule has 4 heteroatoms. The Kier molecular flexibility index (Phi) is 3.79. The molecule has 0 aliphatic heterocycles. The number of ether oxygens (including phenoxy) is 2. The van der Waals surface area contributed by atoms with Gasteiger partial charge in [0.25, 0.3) is 0 Å². The summed E-state index contributed by atoms with van der Waals surface area (Å²) >= 11 is 0. The predicted molar refractivity (Wildman–Crippen MR) is 81.9 cm³/mol. The molecule has 2 aliphatic rings. The van der Waals surface area contributed by atoms with Crippen molar-refractivity contribution in [2.75, 3.05) is 19.5 Å². The molecule has 2 aliphatic carbocycles. The molecule has 1 N–H and O–H groups in total. The molecule has 1 aromatic rings. The number of hydrogen-bond acceptors (Lipinski definition) is 3. The summed E-state index contributed by atoms with van der Waals surface area (Å²) in [6.45, 7) is 1.97. The van der Waals surface area contributed by atoms with Crippen LogP contribution in [0.25, 0.3) is 0 Å². The zero-order valence-corrected chi connectivity index (χ0v) is 12.9. The molecule has 0 radical (unpaired) electrons. The highest BCUT2D eigenvalue weighted by molar-refractivity contribution is 5.95. The molecule has 0 spiro atoms. The van der Waals surface area contributed by atoms with Gasteiger partial charge in [-0.3, -0.25) is 4.79 Å². The first-order chi connectivity index (χ1) is 10.2. The van der Waals surface area contributed by atoms with E-state index in [2.05, 4.69) is 5.32 Å². The van der Waals surface area contributed by atoms with Crippen LogP contribution in [-0.2, 0) is 4.79 Å². The van der Waals surface area contributed by atoms with Crippen LogP contribution in [0, 0.1) is 24.7 Å². The molecule has 2 saturated carbocycles. The zero-order valence-electron chi connectivity index (χ0n) is 12.9. The van der Waals surface area contributed by atoms with Crippen LogP contribution in [0.2, 0.25) is 0 Å². The van der Waals surface area contributed by atoms with Gasteiger partial charge in [-0.1, -0.05) is 12.8 Å². The maximum absolute atomic E-state index is 12.5. The summed E-state index contributed by atoms with van der Waals surface area (Å²) in [5.41, 5.74) is 1.81. The van der Waals surface area contributed by atoms with Crippen molar-refractivity contribution in [3.8, 4) is 11.5 Å². The molecule has 114 valence electrons. The summed E-state index contributed by atoms with van der Waals surface area (Å²) in [7, 11) is 3.22. The number of fused-ring (bicyclic) bond motifs is 1. The number of rotatable bonds is 4. The third-order valence-corrected chi connectivity index (χ3v) is 4.95. The molecule has 2 fully saturated rings. The van der Waals surface area contributed by atoms with Crippen LogP contribution < -0.4 is 14.8 Å². The lowest BCUT2D eigenvalue weighted by molar-refractivity contribution is -0.117. The smallest absolute Gasteiger partial charge is 0.228 e. The summed E-state index contributed by atoms with van der Waals surface area (Å²) in [5.74, 6) is 2.97. The summed E-state index contributed by atoms with van der Waals surface area (Å²) < 4.78 is 10.6. The highest BCUT2D eigenvalue weighted by Gasteiger charge is 2.54. The van der Waals surface area contributed by atoms with E-state index in [0.29, 0.717) is 23.3 Å². The number of nitrogens with one attached hydrogen (secondary N) is 1. The van der Waals surface area contributed by atoms with Gasteiger partial charge in [-0.25, -0.2) is 0 Å². The summed E-state index contributed by atoms with van der Waals surface area (Å²) in [4.78, 5) is 12.5. The maximum atomic E-state index is 12.5. The van der Waals surface area contributed by atoms with Crippen LogP contribution in [0.3, 0.4) is 0 Å². The lowest BCUT2D eigenvalue weighted by Gasteiger charge is -2.13. The molecular weight excluding hydrogens is 266 g/mol. The van der Waals surface area contributed by atoms with Crippen molar-refractivity contribution in [3.63, 3.8) is 0 Å². The van der Waals surface area contributed by atoms with Crippen LogP contribution in [-0.4, -0.2) is 20.1 Å². The Hall–Kier alpha value is -1.71. The van der Waals surface area contributed by atoms with E-state index in [-0.39, 0.29) is 11.8 Å². The molecule has 21 heavy (non-hydrogen) atoms. The number of methoxy groups -OCH3 is 2. The first-order valence-corrected chi connectivity index (χ1v) is 7.69. The van der Waals surface area contributed by atoms with Gasteiger partial charge in [0.15, 0.2) is 11.5 Å². The monoisotopic (exact) mass is 289 g/mol. The highest BCUT2D eigenvalue weighted by Crippen LogP contribution is 2.55. The van der Waals surface area contributed by atoms with Gasteiger partial charge in [0, 0.05) is 17.7 Å². The summed E-state index contributed by atoms with van der Waals surface area (Å²) in [5, 5.41) is 3.08. The van der Waals surface area contributed by atoms with Gasteiger partial charge in [-0.2, -0.15) is 0 Å². The molecule has 4 nitrogen and oxygen atoms in total. The third kappa shape index (κ3) is 2.59. The van der Waals surface area contributed by atoms with Crippen molar-refractivity contribution in [2.24, 2.45) is 17.8 Å². The van der Waals surface area contributed by atoms with Gasteiger partial charge in [-0.15, -0.1) is 0 Å². The van der Waals surface area contributed by atoms with Crippen LogP contribution >= 0.6 is 0 Å². The fourth-order valence-corrected chi connectivity index (χ4v) is 3.71. The SMILES string of the molecule is COc1cc(C)c(NC(=O)C2C3CCCCC32)cc1OC. The first kappa shape index (κ1) is 14.2. The van der Waals surface area contributed by atoms with E-state index in [0.717, 1.165) is 11.3 Å². The average Bonchev–Trinajstić information content (AvgIpc) is 3.23. The topological polar surface area (TPSA) is 47.6 Å². The maximum Gasteiger partial charge on any atom is 0.228 e. The second-order valence-electron chi connectivity index (χ2n) is 6.15. The second kappa shape index (κ2) is 5.58. The number of benzene rings is 1. The molecule has 2 unspecified atom stereocenters. The standard InChI is InChI=1S/C17H23NO3/c1-10-8-14(20-2)15(21-3)9-13(10)18-17(19)16-11-6-4-5-7-12(11)16/h8-9,11-12,16H,4-7H2,1-3H3,(H,18,19). The Morgan fingerprint density at radius 1 is 1.10 bits per heavy atom. The Morgan fingerprint density at radius 3 is 2.24 bits per heavy atom. The Balaban J connectivity index is 1.74. The number of amides is 1. The van der Waals surface area contributed by atoms with Crippen molar-refractivity contribution in [1.82, 2.24) is 0 Å². The van der Waals surface area contributed by atoms with E-state index in [1.807, 2.05) is 19.1 Å². The van der Waals surface area contributed by atoms with Crippen molar-refractivity contribution in [1.29, 1.82) is 0 Å². The van der Waals surface area contributed by atoms with Crippen LogP contribution in [0.15, 0.2) is 12.1 Å². The Morgan fingerprint density at radius 2 is 1.67 bits per heavy atom. The number of aryl methyl sites for hydroxylation is 1. The van der Waals surface area contributed by atoms with Gasteiger partial charge in [0.2, 0.25) is 5.91 Å². The lowest BCUT2D eigenvalue weighted by Crippen LogP contribution is -2.16. The van der Waals surface area contributed by atoms with Gasteiger partial charge in [0.05, 0.1) is 14.2 Å². The van der Waals surface area contributed by atoms with Crippen molar-refractivity contribution < 1.29 is 14.3 Å². The molecule has 0 heterocycles. The Labute approximate surface area is 125 Å². The first-order valence-electron chi connectivity index (χ1n) is 7.69. The minimum atomic E-state index is 0.169. The molecule has 1 aromatic carbocycles. The average molecular weight is 289 g/mol. The molecule has 0 bridgehead atoms. The quantitative estimate of drug-likeness (QED) is 0.924. The van der Waals surface area contributed by atoms with E-state index < -0.39 is 0 Å². The second-order valence-corrected chi connectivity index (χ2v) is 6.15. The fourth-order valence-electron chi connectivity index (χ4n) is 3.71. The van der Waals surface area contributed by atoms with E-state index in [9.17, 15) is 4.79 Å². The van der Waals surface area contributed by atoms with Gasteiger partial charge in [-0.05, 0) is 43.2 Å². The number of carbonyl (C=O) groups excluding carboxylic acids is 1. The van der Waals surface area contributed by atoms with E-state index in [1.54, 1.807) is 14.2 Å². The number of carbonyl (C=O) groups is 1. The van der Waals surface area contributed by atoms with Gasteiger partial charge in [0.1, 0.15) is 0 Å². The van der Waals surface area contributed by atoms with Gasteiger partial charge >= 0.3 is 0 Å². The molecule has 2 atom stereocenters. The molecule has 3 rings (SSSR count). The predicted octanol–water partition coefficient (Wildman–Crippen LogP) is 3.39. The van der Waals surface area contributed by atoms with Crippen molar-refractivity contribution in [2.45, 2.75) is 32.6 Å². The van der Waals surface area contributed by atoms with Crippen molar-refractivity contribution in [3.05, 3.63) is 17.7 Å². The van der Waals surface area contributed by atoms with Crippen LogP contribution in [0.5, 0.6) is 11.5 Å². The molecule has 0 saturated heterocycles. The minimum absolute atomic E-state index is 0.169. The fraction of sp³-hybridized carbons (Fsp3) is 0.588. The van der Waals surface area contributed by atoms with E-state index in [4.69, 9.17) is 9.47 Å². The van der Waals surface area contributed by atoms with Crippen LogP contribution in [0.1, 0.15) is 31.2 Å². The van der Waals surface area contributed by atoms with Crippen LogP contribution in [0.4, 0.5) is 5.69 Å². The Bertz CT molecular complexity index is 543. The van der Waals surface area contributed by atoms with Crippen molar-refractivity contribution >= 4 is 11.6 Å². The number of anilines is 1. The zero-order chi connectivity index (χ0) is 15.0. The number of hydrogen-bond donors (Lipinski definition) is 1. The van der Waals surface area contributed by atoms with E-state index >= 15 is 0 Å². The lowest BCUT2D eigenvalue weighted by atomic mass is 10.0. The molecule has 1 amide bonds. The highest BCUT2D eigenvalue weighted by atomic mass is 16.5. The third-order valence-electron chi connectivity index (χ3n) is 4.95. The molecular formula is C17H23NO3. The van der Waals surface area contributed by atoms with Gasteiger partial charge < -0.3 is 14.8 Å². The molecule has 0 aromatic heterocycles. The normalized spacial score (nSPS) is 26.7. The minimum Gasteiger partial charge on any atom is -0.493 e.